The Kier molecular flexibility index (Phi) is 11.3. The molecule has 1 aromatic rings. The van der Waals surface area contributed by atoms with Crippen LogP contribution in [0.3, 0.4) is 0 Å². The van der Waals surface area contributed by atoms with Gasteiger partial charge in [0.25, 0.3) is 0 Å². The highest BCUT2D eigenvalue weighted by molar-refractivity contribution is 5.93. The number of guanidine groups is 1. The Labute approximate surface area is 189 Å². The first-order valence-electron chi connectivity index (χ1n) is 10.1. The second kappa shape index (κ2) is 13.6. The van der Waals surface area contributed by atoms with Crippen LogP contribution in [0.1, 0.15) is 25.5 Å². The molecule has 1 aromatic heterocycles. The van der Waals surface area contributed by atoms with Crippen molar-refractivity contribution in [2.45, 2.75) is 50.4 Å². The van der Waals surface area contributed by atoms with Crippen LogP contribution in [0, 0.1) is 0 Å². The van der Waals surface area contributed by atoms with Crippen molar-refractivity contribution in [1.82, 2.24) is 25.9 Å². The van der Waals surface area contributed by atoms with Crippen molar-refractivity contribution in [2.75, 3.05) is 13.1 Å². The zero-order valence-corrected chi connectivity index (χ0v) is 18.2. The third-order valence-electron chi connectivity index (χ3n) is 4.40. The molecule has 0 spiro atoms. The first kappa shape index (κ1) is 27.3. The van der Waals surface area contributed by atoms with Crippen LogP contribution >= 0.6 is 0 Å². The monoisotopic (exact) mass is 469 g/mol. The number of carbonyl (C=O) groups is 4. The van der Waals surface area contributed by atoms with Crippen molar-refractivity contribution < 1.29 is 29.4 Å². The number of nitrogens with one attached hydrogen (secondary N) is 4. The van der Waals surface area contributed by atoms with Gasteiger partial charge in [0, 0.05) is 24.9 Å². The van der Waals surface area contributed by atoms with Crippen LogP contribution in [0.4, 0.5) is 0 Å². The van der Waals surface area contributed by atoms with Crippen LogP contribution in [-0.4, -0.2) is 87.2 Å². The zero-order chi connectivity index (χ0) is 25.0. The van der Waals surface area contributed by atoms with Crippen molar-refractivity contribution in [3.8, 4) is 0 Å². The summed E-state index contributed by atoms with van der Waals surface area (Å²) in [6.07, 6.45) is 2.12. The smallest absolute Gasteiger partial charge is 0.326 e. The number of nitrogens with zero attached hydrogens (tertiary/aromatic N) is 2. The number of aromatic amines is 1. The van der Waals surface area contributed by atoms with Gasteiger partial charge >= 0.3 is 5.97 Å². The Morgan fingerprint density at radius 2 is 1.91 bits per heavy atom. The van der Waals surface area contributed by atoms with E-state index in [2.05, 4.69) is 30.9 Å². The summed E-state index contributed by atoms with van der Waals surface area (Å²) >= 11 is 0. The molecule has 0 fully saturated rings. The second-order valence-electron chi connectivity index (χ2n) is 7.24. The number of carbonyl (C=O) groups excluding carboxylic acids is 3. The van der Waals surface area contributed by atoms with E-state index < -0.39 is 54.5 Å². The first-order valence-corrected chi connectivity index (χ1v) is 10.1. The highest BCUT2D eigenvalue weighted by atomic mass is 16.4. The average molecular weight is 470 g/mol. The molecule has 3 amide bonds. The third-order valence-corrected chi connectivity index (χ3v) is 4.40. The highest BCUT2D eigenvalue weighted by Crippen LogP contribution is 2.00. The van der Waals surface area contributed by atoms with Crippen LogP contribution in [0.2, 0.25) is 0 Å². The Morgan fingerprint density at radius 1 is 1.21 bits per heavy atom. The molecule has 0 aliphatic rings. The molecule has 4 atom stereocenters. The third kappa shape index (κ3) is 10.4. The molecule has 15 nitrogen and oxygen atoms in total. The molecular formula is C18H31N9O6. The lowest BCUT2D eigenvalue weighted by Crippen LogP contribution is -2.57. The van der Waals surface area contributed by atoms with Crippen LogP contribution in [0.25, 0.3) is 0 Å². The lowest BCUT2D eigenvalue weighted by atomic mass is 10.1. The van der Waals surface area contributed by atoms with Gasteiger partial charge in [0.15, 0.2) is 5.96 Å². The van der Waals surface area contributed by atoms with Gasteiger partial charge in [0.2, 0.25) is 17.7 Å². The van der Waals surface area contributed by atoms with Crippen molar-refractivity contribution in [3.05, 3.63) is 18.2 Å². The number of H-pyrrole nitrogens is 1. The predicted molar refractivity (Wildman–Crippen MR) is 116 cm³/mol. The molecule has 1 heterocycles. The van der Waals surface area contributed by atoms with Gasteiger partial charge in [-0.15, -0.1) is 0 Å². The predicted octanol–water partition coefficient (Wildman–Crippen LogP) is -4.12. The van der Waals surface area contributed by atoms with Crippen LogP contribution in [-0.2, 0) is 25.6 Å². The summed E-state index contributed by atoms with van der Waals surface area (Å²) in [5.74, 6) is -3.71. The molecule has 0 radical (unpaired) electrons. The van der Waals surface area contributed by atoms with E-state index in [0.29, 0.717) is 12.1 Å². The summed E-state index contributed by atoms with van der Waals surface area (Å²) in [6, 6.07) is -3.61. The number of aliphatic hydroxyl groups excluding tert-OH is 1. The number of aliphatic carboxylic acids is 1. The van der Waals surface area contributed by atoms with Gasteiger partial charge in [-0.25, -0.2) is 9.78 Å². The van der Waals surface area contributed by atoms with E-state index in [1.165, 1.54) is 19.4 Å². The summed E-state index contributed by atoms with van der Waals surface area (Å²) in [5.41, 5.74) is 16.8. The first-order chi connectivity index (χ1) is 15.5. The van der Waals surface area contributed by atoms with E-state index in [0.717, 1.165) is 0 Å². The minimum atomic E-state index is -1.38. The SMILES string of the molecule is CC(O)C(NC(=O)C(N)Cc1cnc[nH]1)C(=O)NCC(=O)NC(CCCN=C(N)N)C(=O)O. The minimum Gasteiger partial charge on any atom is -0.480 e. The van der Waals surface area contributed by atoms with Gasteiger partial charge in [-0.1, -0.05) is 0 Å². The van der Waals surface area contributed by atoms with Crippen molar-refractivity contribution >= 4 is 29.7 Å². The molecule has 0 bridgehead atoms. The van der Waals surface area contributed by atoms with E-state index in [-0.39, 0.29) is 25.3 Å². The van der Waals surface area contributed by atoms with Crippen LogP contribution in [0.15, 0.2) is 17.5 Å². The molecule has 0 saturated heterocycles. The number of carboxylic acids is 1. The molecule has 184 valence electrons. The summed E-state index contributed by atoms with van der Waals surface area (Å²) in [4.78, 5) is 58.4. The normalized spacial score (nSPS) is 14.3. The highest BCUT2D eigenvalue weighted by Gasteiger charge is 2.28. The maximum absolute atomic E-state index is 12.4. The van der Waals surface area contributed by atoms with E-state index in [1.54, 1.807) is 0 Å². The Morgan fingerprint density at radius 3 is 2.45 bits per heavy atom. The van der Waals surface area contributed by atoms with Crippen molar-refractivity contribution in [3.63, 3.8) is 0 Å². The number of aliphatic hydroxyl groups is 1. The number of hydrogen-bond donors (Lipinski definition) is 9. The largest absolute Gasteiger partial charge is 0.480 e. The maximum atomic E-state index is 12.4. The van der Waals surface area contributed by atoms with Gasteiger partial charge in [0.1, 0.15) is 12.1 Å². The van der Waals surface area contributed by atoms with Gasteiger partial charge < -0.3 is 48.3 Å². The fraction of sp³-hybridized carbons (Fsp3) is 0.556. The fourth-order valence-corrected chi connectivity index (χ4v) is 2.68. The quantitative estimate of drug-likeness (QED) is 0.0721. The van der Waals surface area contributed by atoms with E-state index >= 15 is 0 Å². The number of rotatable bonds is 14. The van der Waals surface area contributed by atoms with Gasteiger partial charge in [0.05, 0.1) is 25.0 Å². The molecule has 15 heteroatoms. The van der Waals surface area contributed by atoms with Crippen LogP contribution in [0.5, 0.6) is 0 Å². The lowest BCUT2D eigenvalue weighted by Gasteiger charge is -2.22. The number of carboxylic acid groups (broad SMARTS) is 1. The molecule has 0 aromatic carbocycles. The fourth-order valence-electron chi connectivity index (χ4n) is 2.68. The minimum absolute atomic E-state index is 0.0619. The summed E-state index contributed by atoms with van der Waals surface area (Å²) in [6.45, 7) is 0.898. The number of hydrogen-bond acceptors (Lipinski definition) is 8. The lowest BCUT2D eigenvalue weighted by molar-refractivity contribution is -0.142. The molecule has 0 aliphatic heterocycles. The standard InChI is InChI=1S/C18H31N9O6/c1-9(28)14(27-15(30)11(19)5-10-6-22-8-25-10)16(31)24-7-13(29)26-12(17(32)33)3-2-4-23-18(20)21/h6,8-9,11-12,14,28H,2-5,7,19H2,1H3,(H,22,25)(H,24,31)(H,26,29)(H,27,30)(H,32,33)(H4,20,21,23). The zero-order valence-electron chi connectivity index (χ0n) is 18.2. The Bertz CT molecular complexity index is 823. The Balaban J connectivity index is 2.55. The van der Waals surface area contributed by atoms with Crippen molar-refractivity contribution in [1.29, 1.82) is 0 Å². The van der Waals surface area contributed by atoms with Gasteiger partial charge in [-0.2, -0.15) is 0 Å². The molecule has 1 rings (SSSR count). The summed E-state index contributed by atoms with van der Waals surface area (Å²) in [5, 5.41) is 26.0. The van der Waals surface area contributed by atoms with E-state index in [4.69, 9.17) is 17.2 Å². The number of amides is 3. The second-order valence-corrected chi connectivity index (χ2v) is 7.24. The molecule has 33 heavy (non-hydrogen) atoms. The number of aliphatic imine (C=N–C) groups is 1. The van der Waals surface area contributed by atoms with Crippen molar-refractivity contribution in [2.24, 2.45) is 22.2 Å². The van der Waals surface area contributed by atoms with E-state index in [1.807, 2.05) is 0 Å². The Hall–Kier alpha value is -3.72. The van der Waals surface area contributed by atoms with Gasteiger partial charge in [-0.05, 0) is 19.8 Å². The number of imidazole rings is 1. The number of nitrogens with two attached hydrogens (primary N) is 3. The molecular weight excluding hydrogens is 438 g/mol. The molecule has 4 unspecified atom stereocenters. The van der Waals surface area contributed by atoms with Gasteiger partial charge in [-0.3, -0.25) is 19.4 Å². The summed E-state index contributed by atoms with van der Waals surface area (Å²) in [7, 11) is 0. The van der Waals surface area contributed by atoms with Crippen LogP contribution < -0.4 is 33.2 Å². The number of aromatic nitrogens is 2. The van der Waals surface area contributed by atoms with E-state index in [9.17, 15) is 29.4 Å². The molecule has 0 aliphatic carbocycles. The maximum Gasteiger partial charge on any atom is 0.326 e. The molecule has 0 saturated carbocycles. The average Bonchev–Trinajstić information content (AvgIpc) is 3.24. The molecule has 12 N–H and O–H groups in total. The summed E-state index contributed by atoms with van der Waals surface area (Å²) < 4.78 is 0. The topological polar surface area (TPSA) is 264 Å².